The van der Waals surface area contributed by atoms with Crippen LogP contribution in [0.4, 0.5) is 11.4 Å². The smallest absolute Gasteiger partial charge is 0.0629 e. The second kappa shape index (κ2) is 8.38. The average molecular weight is 419 g/mol. The van der Waals surface area contributed by atoms with E-state index in [1.165, 1.54) is 35.2 Å². The summed E-state index contributed by atoms with van der Waals surface area (Å²) in [6.45, 7) is 5.40. The van der Waals surface area contributed by atoms with E-state index in [0.717, 1.165) is 30.3 Å². The number of benzene rings is 2. The second-order valence-electron chi connectivity index (χ2n) is 8.46. The highest BCUT2D eigenvalue weighted by Crippen LogP contribution is 2.44. The summed E-state index contributed by atoms with van der Waals surface area (Å²) in [6, 6.07) is 19.4. The average Bonchev–Trinajstić information content (AvgIpc) is 3.14. The van der Waals surface area contributed by atoms with Crippen molar-refractivity contribution in [1.82, 2.24) is 15.3 Å². The number of pyridine rings is 1. The number of anilines is 2. The lowest BCUT2D eigenvalue weighted by Gasteiger charge is -2.35. The lowest BCUT2D eigenvalue weighted by atomic mass is 9.85. The maximum absolute atomic E-state index is 6.12. The Balaban J connectivity index is 1.32. The van der Waals surface area contributed by atoms with Crippen molar-refractivity contribution in [3.8, 4) is 0 Å². The van der Waals surface area contributed by atoms with Crippen molar-refractivity contribution < 1.29 is 0 Å². The summed E-state index contributed by atoms with van der Waals surface area (Å²) >= 11 is 6.12. The van der Waals surface area contributed by atoms with Crippen molar-refractivity contribution in [2.45, 2.75) is 32.4 Å². The molecule has 5 heteroatoms. The van der Waals surface area contributed by atoms with Crippen molar-refractivity contribution in [3.63, 3.8) is 0 Å². The summed E-state index contributed by atoms with van der Waals surface area (Å²) in [5, 5.41) is 3.01. The van der Waals surface area contributed by atoms with Crippen molar-refractivity contribution in [1.29, 1.82) is 0 Å². The molecule has 1 N–H and O–H groups in total. The predicted molar refractivity (Wildman–Crippen MR) is 123 cm³/mol. The van der Waals surface area contributed by atoms with Gasteiger partial charge in [-0.15, -0.1) is 0 Å². The molecule has 1 unspecified atom stereocenters. The molecule has 4 nitrogen and oxygen atoms in total. The third-order valence-electron chi connectivity index (χ3n) is 6.35. The van der Waals surface area contributed by atoms with Gasteiger partial charge in [-0.25, -0.2) is 5.43 Å². The Bertz CT molecular complexity index is 997. The number of nitrogens with one attached hydrogen (secondary N) is 1. The zero-order valence-electron chi connectivity index (χ0n) is 17.3. The molecule has 3 heterocycles. The van der Waals surface area contributed by atoms with Crippen LogP contribution in [0, 0.1) is 12.8 Å². The molecule has 2 aliphatic heterocycles. The molecular weight excluding hydrogens is 392 g/mol. The van der Waals surface area contributed by atoms with Gasteiger partial charge in [0.15, 0.2) is 0 Å². The van der Waals surface area contributed by atoms with Crippen LogP contribution in [0.1, 0.15) is 35.6 Å². The molecule has 0 bridgehead atoms. The number of aryl methyl sites for hydroxylation is 1. The topological polar surface area (TPSA) is 31.4 Å². The largest absolute Gasteiger partial charge is 0.299 e. The Morgan fingerprint density at radius 1 is 1.07 bits per heavy atom. The maximum atomic E-state index is 6.12. The molecule has 1 fully saturated rings. The molecule has 30 heavy (non-hydrogen) atoms. The lowest BCUT2D eigenvalue weighted by molar-refractivity contribution is 0.155. The third kappa shape index (κ3) is 3.95. The van der Waals surface area contributed by atoms with Gasteiger partial charge in [-0.2, -0.15) is 0 Å². The van der Waals surface area contributed by atoms with Crippen LogP contribution < -0.4 is 10.4 Å². The normalized spacial score (nSPS) is 19.8. The van der Waals surface area contributed by atoms with Crippen molar-refractivity contribution in [2.24, 2.45) is 5.92 Å². The highest BCUT2D eigenvalue weighted by atomic mass is 35.5. The van der Waals surface area contributed by atoms with Gasteiger partial charge in [0, 0.05) is 24.0 Å². The zero-order valence-corrected chi connectivity index (χ0v) is 18.0. The number of hydrogen-bond acceptors (Lipinski definition) is 4. The standard InChI is InChI=1S/C25H27ClN4/c1-18-4-9-23-24(15-18)30(22-7-5-21(26)6-8-22)28-25(23)20-10-13-29(14-11-20)17-19-3-2-12-27-16-19/h2-9,12,15-16,20,25,28H,10-11,13-14,17H2,1H3. The molecule has 0 saturated carbocycles. The number of halogens is 1. The number of piperidine rings is 1. The first kappa shape index (κ1) is 19.6. The SMILES string of the molecule is Cc1ccc2c(c1)N(c1ccc(Cl)cc1)NC2C1CCN(Cc2cccnc2)CC1. The molecule has 3 aromatic rings. The van der Waals surface area contributed by atoms with E-state index in [2.05, 4.69) is 63.6 Å². The van der Waals surface area contributed by atoms with Crippen LogP contribution in [-0.4, -0.2) is 23.0 Å². The minimum absolute atomic E-state index is 0.344. The molecule has 2 aromatic carbocycles. The number of likely N-dealkylation sites (tertiary alicyclic amines) is 1. The molecule has 0 amide bonds. The zero-order chi connectivity index (χ0) is 20.5. The number of nitrogens with zero attached hydrogens (tertiary/aromatic N) is 3. The van der Waals surface area contributed by atoms with E-state index < -0.39 is 0 Å². The molecule has 1 saturated heterocycles. The Labute approximate surface area is 183 Å². The van der Waals surface area contributed by atoms with Crippen LogP contribution in [0.25, 0.3) is 0 Å². The molecule has 1 atom stereocenters. The van der Waals surface area contributed by atoms with Crippen molar-refractivity contribution in [3.05, 3.63) is 88.7 Å². The van der Waals surface area contributed by atoms with Gasteiger partial charge in [0.25, 0.3) is 0 Å². The van der Waals surface area contributed by atoms with E-state index in [-0.39, 0.29) is 0 Å². The number of rotatable bonds is 4. The molecular formula is C25H27ClN4. The van der Waals surface area contributed by atoms with Gasteiger partial charge < -0.3 is 0 Å². The molecule has 0 spiro atoms. The first-order chi connectivity index (χ1) is 14.7. The first-order valence-electron chi connectivity index (χ1n) is 10.7. The number of hydrazine groups is 1. The predicted octanol–water partition coefficient (Wildman–Crippen LogP) is 5.65. The van der Waals surface area contributed by atoms with Crippen LogP contribution >= 0.6 is 11.6 Å². The highest BCUT2D eigenvalue weighted by molar-refractivity contribution is 6.30. The van der Waals surface area contributed by atoms with E-state index in [1.807, 2.05) is 30.6 Å². The minimum atomic E-state index is 0.344. The van der Waals surface area contributed by atoms with Gasteiger partial charge in [0.2, 0.25) is 0 Å². The van der Waals surface area contributed by atoms with E-state index in [9.17, 15) is 0 Å². The van der Waals surface area contributed by atoms with Gasteiger partial charge in [-0.3, -0.25) is 14.9 Å². The van der Waals surface area contributed by atoms with E-state index in [1.54, 1.807) is 0 Å². The summed E-state index contributed by atoms with van der Waals surface area (Å²) < 4.78 is 0. The number of hydrogen-bond donors (Lipinski definition) is 1. The molecule has 0 aliphatic carbocycles. The van der Waals surface area contributed by atoms with Crippen LogP contribution in [0.3, 0.4) is 0 Å². The first-order valence-corrected chi connectivity index (χ1v) is 11.1. The van der Waals surface area contributed by atoms with Crippen LogP contribution in [0.5, 0.6) is 0 Å². The van der Waals surface area contributed by atoms with Crippen LogP contribution in [0.2, 0.25) is 5.02 Å². The van der Waals surface area contributed by atoms with Crippen molar-refractivity contribution in [2.75, 3.05) is 18.1 Å². The Morgan fingerprint density at radius 2 is 1.87 bits per heavy atom. The molecule has 0 radical (unpaired) electrons. The van der Waals surface area contributed by atoms with E-state index in [4.69, 9.17) is 11.6 Å². The monoisotopic (exact) mass is 418 g/mol. The fourth-order valence-corrected chi connectivity index (χ4v) is 4.87. The summed E-state index contributed by atoms with van der Waals surface area (Å²) in [7, 11) is 0. The van der Waals surface area contributed by atoms with Gasteiger partial charge >= 0.3 is 0 Å². The maximum Gasteiger partial charge on any atom is 0.0629 e. The van der Waals surface area contributed by atoms with Gasteiger partial charge in [0.05, 0.1) is 17.4 Å². The molecule has 1 aromatic heterocycles. The summed E-state index contributed by atoms with van der Waals surface area (Å²) in [5.41, 5.74) is 10.2. The van der Waals surface area contributed by atoms with Crippen molar-refractivity contribution >= 4 is 23.0 Å². The van der Waals surface area contributed by atoms with E-state index in [0.29, 0.717) is 12.0 Å². The van der Waals surface area contributed by atoms with Crippen LogP contribution in [-0.2, 0) is 6.54 Å². The Morgan fingerprint density at radius 3 is 2.60 bits per heavy atom. The van der Waals surface area contributed by atoms with Gasteiger partial charge in [-0.1, -0.05) is 29.8 Å². The lowest BCUT2D eigenvalue weighted by Crippen LogP contribution is -2.39. The summed E-state index contributed by atoms with van der Waals surface area (Å²) in [6.07, 6.45) is 6.21. The fourth-order valence-electron chi connectivity index (χ4n) is 4.75. The van der Waals surface area contributed by atoms with Gasteiger partial charge in [0.1, 0.15) is 0 Å². The molecule has 2 aliphatic rings. The van der Waals surface area contributed by atoms with Gasteiger partial charge in [-0.05, 0) is 91.9 Å². The fraction of sp³-hybridized carbons (Fsp3) is 0.320. The number of aromatic nitrogens is 1. The summed E-state index contributed by atoms with van der Waals surface area (Å²) in [5.74, 6) is 0.619. The van der Waals surface area contributed by atoms with Crippen LogP contribution in [0.15, 0.2) is 67.0 Å². The highest BCUT2D eigenvalue weighted by Gasteiger charge is 2.36. The molecule has 154 valence electrons. The third-order valence-corrected chi connectivity index (χ3v) is 6.60. The summed E-state index contributed by atoms with van der Waals surface area (Å²) in [4.78, 5) is 6.80. The van der Waals surface area contributed by atoms with E-state index >= 15 is 0 Å². The molecule has 5 rings (SSSR count). The Kier molecular flexibility index (Phi) is 5.47. The Hall–Kier alpha value is -2.40. The minimum Gasteiger partial charge on any atom is -0.299 e. The number of fused-ring (bicyclic) bond motifs is 1. The quantitative estimate of drug-likeness (QED) is 0.593. The second-order valence-corrected chi connectivity index (χ2v) is 8.89.